The number of amides is 3. The van der Waals surface area contributed by atoms with E-state index in [9.17, 15) is 14.4 Å². The molecule has 1 saturated heterocycles. The predicted octanol–water partition coefficient (Wildman–Crippen LogP) is 3.37. The van der Waals surface area contributed by atoms with Crippen LogP contribution in [0, 0.1) is 0 Å². The summed E-state index contributed by atoms with van der Waals surface area (Å²) >= 11 is 0.885. The maximum Gasteiger partial charge on any atom is 0.294 e. The normalized spacial score (nSPS) is 16.1. The lowest BCUT2D eigenvalue weighted by Crippen LogP contribution is -2.42. The molecule has 1 aliphatic heterocycles. The molecule has 3 amide bonds. The number of hydrogen-bond acceptors (Lipinski definition) is 4. The molecule has 0 aliphatic carbocycles. The molecule has 0 unspecified atom stereocenters. The van der Waals surface area contributed by atoms with Crippen molar-refractivity contribution in [1.29, 1.82) is 0 Å². The molecule has 24 heavy (non-hydrogen) atoms. The largest absolute Gasteiger partial charge is 0.341 e. The number of rotatable bonds is 7. The molecule has 0 saturated carbocycles. The van der Waals surface area contributed by atoms with Gasteiger partial charge in [-0.1, -0.05) is 44.2 Å². The molecule has 1 heterocycles. The Bertz CT molecular complexity index is 637. The van der Waals surface area contributed by atoms with Crippen molar-refractivity contribution in [2.24, 2.45) is 0 Å². The van der Waals surface area contributed by atoms with E-state index in [1.165, 1.54) is 0 Å². The minimum atomic E-state index is -0.393. The van der Waals surface area contributed by atoms with Crippen LogP contribution < -0.4 is 0 Å². The van der Waals surface area contributed by atoms with Gasteiger partial charge < -0.3 is 4.90 Å². The fraction of sp³-hybridized carbons (Fsp3) is 0.389. The minimum absolute atomic E-state index is 0.179. The van der Waals surface area contributed by atoms with E-state index in [-0.39, 0.29) is 17.7 Å². The standard InChI is InChI=1S/C18H22N2O3S/c1-3-10-19(11-4-2)16(21)13-20-17(22)15(24-18(20)23)12-14-8-6-5-7-9-14/h5-9,12H,3-4,10-11,13H2,1-2H3/b15-12-. The average molecular weight is 346 g/mol. The number of carbonyl (C=O) groups is 3. The number of nitrogens with zero attached hydrogens (tertiary/aromatic N) is 2. The monoisotopic (exact) mass is 346 g/mol. The predicted molar refractivity (Wildman–Crippen MR) is 96.3 cm³/mol. The first-order valence-electron chi connectivity index (χ1n) is 8.15. The number of imide groups is 1. The van der Waals surface area contributed by atoms with Gasteiger partial charge in [-0.3, -0.25) is 19.3 Å². The van der Waals surface area contributed by atoms with Gasteiger partial charge in [0.2, 0.25) is 5.91 Å². The quantitative estimate of drug-likeness (QED) is 0.710. The van der Waals surface area contributed by atoms with Crippen LogP contribution in [-0.4, -0.2) is 46.5 Å². The molecule has 128 valence electrons. The number of thioether (sulfide) groups is 1. The Morgan fingerprint density at radius 1 is 1.12 bits per heavy atom. The Kier molecular flexibility index (Phi) is 6.61. The zero-order chi connectivity index (χ0) is 17.5. The molecule has 0 atom stereocenters. The van der Waals surface area contributed by atoms with Crippen molar-refractivity contribution < 1.29 is 14.4 Å². The smallest absolute Gasteiger partial charge is 0.294 e. The summed E-state index contributed by atoms with van der Waals surface area (Å²) in [5.41, 5.74) is 0.855. The molecular weight excluding hydrogens is 324 g/mol. The molecule has 0 N–H and O–H groups in total. The van der Waals surface area contributed by atoms with Crippen molar-refractivity contribution >= 4 is 34.9 Å². The maximum absolute atomic E-state index is 12.4. The molecule has 1 aliphatic rings. The maximum atomic E-state index is 12.4. The van der Waals surface area contributed by atoms with Gasteiger partial charge in [0.25, 0.3) is 11.1 Å². The summed E-state index contributed by atoms with van der Waals surface area (Å²) in [5.74, 6) is -0.572. The first-order chi connectivity index (χ1) is 11.6. The van der Waals surface area contributed by atoms with E-state index in [0.717, 1.165) is 35.1 Å². The third-order valence-electron chi connectivity index (χ3n) is 3.60. The van der Waals surface area contributed by atoms with Crippen LogP contribution in [-0.2, 0) is 9.59 Å². The van der Waals surface area contributed by atoms with Crippen LogP contribution in [0.25, 0.3) is 6.08 Å². The molecule has 2 rings (SSSR count). The third kappa shape index (κ3) is 4.47. The average Bonchev–Trinajstić information content (AvgIpc) is 2.83. The van der Waals surface area contributed by atoms with Crippen molar-refractivity contribution in [1.82, 2.24) is 9.80 Å². The second-order valence-corrected chi connectivity index (χ2v) is 6.55. The molecule has 0 bridgehead atoms. The summed E-state index contributed by atoms with van der Waals surface area (Å²) in [6, 6.07) is 9.35. The summed E-state index contributed by atoms with van der Waals surface area (Å²) in [5, 5.41) is -0.386. The van der Waals surface area contributed by atoms with Crippen molar-refractivity contribution in [2.45, 2.75) is 26.7 Å². The zero-order valence-corrected chi connectivity index (χ0v) is 14.8. The Morgan fingerprint density at radius 2 is 1.75 bits per heavy atom. The number of benzene rings is 1. The Hall–Kier alpha value is -2.08. The number of hydrogen-bond donors (Lipinski definition) is 0. The van der Waals surface area contributed by atoms with Gasteiger partial charge in [0.15, 0.2) is 0 Å². The SMILES string of the molecule is CCCN(CCC)C(=O)CN1C(=O)S/C(=C\c2ccccc2)C1=O. The van der Waals surface area contributed by atoms with Crippen molar-refractivity contribution in [2.75, 3.05) is 19.6 Å². The lowest BCUT2D eigenvalue weighted by atomic mass is 10.2. The summed E-state index contributed by atoms with van der Waals surface area (Å²) in [4.78, 5) is 40.1. The van der Waals surface area contributed by atoms with Crippen molar-refractivity contribution in [3.05, 3.63) is 40.8 Å². The van der Waals surface area contributed by atoms with Gasteiger partial charge in [-0.05, 0) is 36.2 Å². The second-order valence-electron chi connectivity index (χ2n) is 5.56. The van der Waals surface area contributed by atoms with Gasteiger partial charge in [0.1, 0.15) is 6.54 Å². The Balaban J connectivity index is 2.09. The fourth-order valence-corrected chi connectivity index (χ4v) is 3.31. The highest BCUT2D eigenvalue weighted by Crippen LogP contribution is 2.32. The number of carbonyl (C=O) groups excluding carboxylic acids is 3. The van der Waals surface area contributed by atoms with Crippen molar-refractivity contribution in [3.63, 3.8) is 0 Å². The molecular formula is C18H22N2O3S. The highest BCUT2D eigenvalue weighted by atomic mass is 32.2. The van der Waals surface area contributed by atoms with Crippen LogP contribution in [0.5, 0.6) is 0 Å². The van der Waals surface area contributed by atoms with Crippen molar-refractivity contribution in [3.8, 4) is 0 Å². The van der Waals surface area contributed by atoms with E-state index >= 15 is 0 Å². The summed E-state index contributed by atoms with van der Waals surface area (Å²) in [7, 11) is 0. The molecule has 0 radical (unpaired) electrons. The molecule has 1 fully saturated rings. The lowest BCUT2D eigenvalue weighted by Gasteiger charge is -2.23. The lowest BCUT2D eigenvalue weighted by molar-refractivity contribution is -0.135. The van der Waals surface area contributed by atoms with Crippen LogP contribution in [0.4, 0.5) is 4.79 Å². The van der Waals surface area contributed by atoms with E-state index in [4.69, 9.17) is 0 Å². The molecule has 1 aromatic rings. The van der Waals surface area contributed by atoms with E-state index in [0.29, 0.717) is 18.0 Å². The first-order valence-corrected chi connectivity index (χ1v) is 8.96. The Labute approximate surface area is 146 Å². The van der Waals surface area contributed by atoms with Gasteiger partial charge in [-0.15, -0.1) is 0 Å². The van der Waals surface area contributed by atoms with Crippen LogP contribution in [0.15, 0.2) is 35.2 Å². The van der Waals surface area contributed by atoms with Crippen LogP contribution >= 0.6 is 11.8 Å². The molecule has 1 aromatic carbocycles. The van der Waals surface area contributed by atoms with E-state index in [1.54, 1.807) is 11.0 Å². The molecule has 5 nitrogen and oxygen atoms in total. The van der Waals surface area contributed by atoms with Gasteiger partial charge in [0.05, 0.1) is 4.91 Å². The summed E-state index contributed by atoms with van der Waals surface area (Å²) in [6.45, 7) is 5.10. The van der Waals surface area contributed by atoms with Crippen LogP contribution in [0.1, 0.15) is 32.3 Å². The van der Waals surface area contributed by atoms with E-state index in [2.05, 4.69) is 0 Å². The highest BCUT2D eigenvalue weighted by molar-refractivity contribution is 8.18. The van der Waals surface area contributed by atoms with Gasteiger partial charge >= 0.3 is 0 Å². The van der Waals surface area contributed by atoms with E-state index < -0.39 is 5.91 Å². The first kappa shape index (κ1) is 18.3. The topological polar surface area (TPSA) is 57.7 Å². The van der Waals surface area contributed by atoms with Gasteiger partial charge in [0, 0.05) is 13.1 Å². The molecule has 6 heteroatoms. The van der Waals surface area contributed by atoms with E-state index in [1.807, 2.05) is 44.2 Å². The van der Waals surface area contributed by atoms with Gasteiger partial charge in [-0.25, -0.2) is 0 Å². The minimum Gasteiger partial charge on any atom is -0.341 e. The second kappa shape index (κ2) is 8.68. The fourth-order valence-electron chi connectivity index (χ4n) is 2.47. The van der Waals surface area contributed by atoms with Crippen LogP contribution in [0.2, 0.25) is 0 Å². The van der Waals surface area contributed by atoms with Gasteiger partial charge in [-0.2, -0.15) is 0 Å². The third-order valence-corrected chi connectivity index (χ3v) is 4.51. The zero-order valence-electron chi connectivity index (χ0n) is 14.0. The summed E-state index contributed by atoms with van der Waals surface area (Å²) < 4.78 is 0. The van der Waals surface area contributed by atoms with Crippen LogP contribution in [0.3, 0.4) is 0 Å². The molecule has 0 aromatic heterocycles. The highest BCUT2D eigenvalue weighted by Gasteiger charge is 2.36. The Morgan fingerprint density at radius 3 is 2.33 bits per heavy atom. The molecule has 0 spiro atoms. The summed E-state index contributed by atoms with van der Waals surface area (Å²) in [6.07, 6.45) is 3.38.